The molecular formula is C12H26. The minimum Gasteiger partial charge on any atom is -0.0683 e. The molecule has 0 N–H and O–H groups in total. The average Bonchev–Trinajstić information content (AvgIpc) is 2.70. The standard InChI is InChI=1S/C10H20.C2H6/c1-9(2,3)10(4,5)8-6-7-8;1-2/h8H,6-7H2,1-5H3;1-2H3. The molecule has 0 bridgehead atoms. The van der Waals surface area contributed by atoms with Crippen LogP contribution in [0.5, 0.6) is 0 Å². The van der Waals surface area contributed by atoms with Crippen molar-refractivity contribution < 1.29 is 0 Å². The summed E-state index contributed by atoms with van der Waals surface area (Å²) in [5, 5.41) is 0. The second kappa shape index (κ2) is 3.81. The van der Waals surface area contributed by atoms with Crippen molar-refractivity contribution in [2.45, 2.75) is 61.3 Å². The van der Waals surface area contributed by atoms with E-state index in [1.807, 2.05) is 13.8 Å². The van der Waals surface area contributed by atoms with Gasteiger partial charge in [-0.05, 0) is 29.6 Å². The zero-order valence-electron chi connectivity index (χ0n) is 9.99. The molecule has 0 aromatic rings. The van der Waals surface area contributed by atoms with Crippen LogP contribution in [0.25, 0.3) is 0 Å². The van der Waals surface area contributed by atoms with Crippen LogP contribution >= 0.6 is 0 Å². The third kappa shape index (κ3) is 2.50. The number of hydrogen-bond donors (Lipinski definition) is 0. The van der Waals surface area contributed by atoms with Crippen molar-refractivity contribution in [3.8, 4) is 0 Å². The Labute approximate surface area is 78.8 Å². The van der Waals surface area contributed by atoms with E-state index < -0.39 is 0 Å². The highest BCUT2D eigenvalue weighted by molar-refractivity contribution is 4.94. The van der Waals surface area contributed by atoms with Gasteiger partial charge in [0.25, 0.3) is 0 Å². The van der Waals surface area contributed by atoms with Gasteiger partial charge in [-0.1, -0.05) is 48.5 Å². The maximum atomic E-state index is 2.41. The molecule has 0 unspecified atom stereocenters. The van der Waals surface area contributed by atoms with Crippen LogP contribution in [0, 0.1) is 16.7 Å². The van der Waals surface area contributed by atoms with E-state index in [1.165, 1.54) is 12.8 Å². The summed E-state index contributed by atoms with van der Waals surface area (Å²) in [6, 6.07) is 0. The quantitative estimate of drug-likeness (QED) is 0.543. The maximum Gasteiger partial charge on any atom is -0.0277 e. The zero-order valence-corrected chi connectivity index (χ0v) is 9.99. The van der Waals surface area contributed by atoms with Crippen molar-refractivity contribution in [3.05, 3.63) is 0 Å². The van der Waals surface area contributed by atoms with E-state index in [-0.39, 0.29) is 0 Å². The first-order valence-corrected chi connectivity index (χ1v) is 5.36. The second-order valence-corrected chi connectivity index (χ2v) is 5.25. The van der Waals surface area contributed by atoms with E-state index in [1.54, 1.807) is 0 Å². The van der Waals surface area contributed by atoms with Crippen LogP contribution in [0.15, 0.2) is 0 Å². The highest BCUT2D eigenvalue weighted by Gasteiger charge is 2.45. The Morgan fingerprint density at radius 1 is 0.833 bits per heavy atom. The molecular weight excluding hydrogens is 144 g/mol. The van der Waals surface area contributed by atoms with Crippen LogP contribution in [0.1, 0.15) is 61.3 Å². The maximum absolute atomic E-state index is 2.41. The molecule has 0 heterocycles. The monoisotopic (exact) mass is 170 g/mol. The van der Waals surface area contributed by atoms with Crippen LogP contribution in [0.4, 0.5) is 0 Å². The van der Waals surface area contributed by atoms with Crippen molar-refractivity contribution in [1.29, 1.82) is 0 Å². The topological polar surface area (TPSA) is 0 Å². The molecule has 74 valence electrons. The Morgan fingerprint density at radius 2 is 1.17 bits per heavy atom. The van der Waals surface area contributed by atoms with Gasteiger partial charge in [0.15, 0.2) is 0 Å². The van der Waals surface area contributed by atoms with Gasteiger partial charge in [-0.25, -0.2) is 0 Å². The Balaban J connectivity index is 0.000000561. The lowest BCUT2D eigenvalue weighted by Gasteiger charge is -2.39. The van der Waals surface area contributed by atoms with Gasteiger partial charge in [0.1, 0.15) is 0 Å². The molecule has 0 atom stereocenters. The lowest BCUT2D eigenvalue weighted by Crippen LogP contribution is -2.31. The Bertz CT molecular complexity index is 121. The molecule has 12 heavy (non-hydrogen) atoms. The molecule has 0 nitrogen and oxygen atoms in total. The Hall–Kier alpha value is 0. The molecule has 0 aliphatic heterocycles. The lowest BCUT2D eigenvalue weighted by atomic mass is 9.66. The van der Waals surface area contributed by atoms with Crippen LogP contribution in [-0.2, 0) is 0 Å². The first-order chi connectivity index (χ1) is 5.36. The molecule has 0 radical (unpaired) electrons. The first-order valence-electron chi connectivity index (χ1n) is 5.36. The van der Waals surface area contributed by atoms with E-state index in [0.717, 1.165) is 5.92 Å². The van der Waals surface area contributed by atoms with Gasteiger partial charge >= 0.3 is 0 Å². The first kappa shape index (κ1) is 12.0. The second-order valence-electron chi connectivity index (χ2n) is 5.25. The molecule has 0 aromatic carbocycles. The van der Waals surface area contributed by atoms with Gasteiger partial charge in [0.05, 0.1) is 0 Å². The molecule has 0 saturated heterocycles. The van der Waals surface area contributed by atoms with Crippen molar-refractivity contribution >= 4 is 0 Å². The van der Waals surface area contributed by atoms with E-state index >= 15 is 0 Å². The van der Waals surface area contributed by atoms with E-state index in [0.29, 0.717) is 10.8 Å². The lowest BCUT2D eigenvalue weighted by molar-refractivity contribution is 0.103. The minimum absolute atomic E-state index is 0.480. The zero-order chi connectivity index (χ0) is 9.99. The molecule has 0 amide bonds. The largest absolute Gasteiger partial charge is 0.0683 e. The third-order valence-corrected chi connectivity index (χ3v) is 3.53. The predicted octanol–water partition coefficient (Wildman–Crippen LogP) is 4.49. The fourth-order valence-corrected chi connectivity index (χ4v) is 1.42. The molecule has 1 aliphatic carbocycles. The molecule has 0 aromatic heterocycles. The van der Waals surface area contributed by atoms with Gasteiger partial charge in [-0.3, -0.25) is 0 Å². The van der Waals surface area contributed by atoms with Crippen LogP contribution in [0.2, 0.25) is 0 Å². The SMILES string of the molecule is CC.CC(C)(C)C(C)(C)C1CC1. The summed E-state index contributed by atoms with van der Waals surface area (Å²) in [6.07, 6.45) is 2.93. The Morgan fingerprint density at radius 3 is 1.25 bits per heavy atom. The smallest absolute Gasteiger partial charge is 0.0277 e. The highest BCUT2D eigenvalue weighted by Crippen LogP contribution is 2.54. The minimum atomic E-state index is 0.480. The van der Waals surface area contributed by atoms with Gasteiger partial charge < -0.3 is 0 Å². The molecule has 1 saturated carbocycles. The van der Waals surface area contributed by atoms with E-state index in [2.05, 4.69) is 34.6 Å². The van der Waals surface area contributed by atoms with Crippen LogP contribution in [-0.4, -0.2) is 0 Å². The van der Waals surface area contributed by atoms with Gasteiger partial charge in [-0.15, -0.1) is 0 Å². The van der Waals surface area contributed by atoms with Crippen molar-refractivity contribution in [1.82, 2.24) is 0 Å². The summed E-state index contributed by atoms with van der Waals surface area (Å²) < 4.78 is 0. The number of hydrogen-bond acceptors (Lipinski definition) is 0. The molecule has 1 fully saturated rings. The summed E-state index contributed by atoms with van der Waals surface area (Å²) in [7, 11) is 0. The summed E-state index contributed by atoms with van der Waals surface area (Å²) in [5.74, 6) is 1.01. The van der Waals surface area contributed by atoms with Crippen LogP contribution < -0.4 is 0 Å². The van der Waals surface area contributed by atoms with Gasteiger partial charge in [0, 0.05) is 0 Å². The highest BCUT2D eigenvalue weighted by atomic mass is 14.5. The normalized spacial score (nSPS) is 18.2. The average molecular weight is 170 g/mol. The van der Waals surface area contributed by atoms with Crippen molar-refractivity contribution in [3.63, 3.8) is 0 Å². The molecule has 0 spiro atoms. The van der Waals surface area contributed by atoms with Gasteiger partial charge in [0.2, 0.25) is 0 Å². The van der Waals surface area contributed by atoms with Crippen molar-refractivity contribution in [2.75, 3.05) is 0 Å². The molecule has 0 heteroatoms. The fraction of sp³-hybridized carbons (Fsp3) is 1.00. The van der Waals surface area contributed by atoms with Crippen LogP contribution in [0.3, 0.4) is 0 Å². The summed E-state index contributed by atoms with van der Waals surface area (Å²) in [6.45, 7) is 15.9. The van der Waals surface area contributed by atoms with E-state index in [9.17, 15) is 0 Å². The number of rotatable bonds is 1. The summed E-state index contributed by atoms with van der Waals surface area (Å²) >= 11 is 0. The Kier molecular flexibility index (Phi) is 3.81. The van der Waals surface area contributed by atoms with E-state index in [4.69, 9.17) is 0 Å². The molecule has 1 aliphatic rings. The summed E-state index contributed by atoms with van der Waals surface area (Å²) in [5.41, 5.74) is 1.03. The fourth-order valence-electron chi connectivity index (χ4n) is 1.42. The van der Waals surface area contributed by atoms with Crippen molar-refractivity contribution in [2.24, 2.45) is 16.7 Å². The third-order valence-electron chi connectivity index (χ3n) is 3.53. The van der Waals surface area contributed by atoms with Gasteiger partial charge in [-0.2, -0.15) is 0 Å². The molecule has 1 rings (SSSR count). The predicted molar refractivity (Wildman–Crippen MR) is 57.3 cm³/mol. The summed E-state index contributed by atoms with van der Waals surface area (Å²) in [4.78, 5) is 0.